The van der Waals surface area contributed by atoms with E-state index in [1.54, 1.807) is 0 Å². The molecule has 0 aliphatic heterocycles. The molecule has 0 bridgehead atoms. The summed E-state index contributed by atoms with van der Waals surface area (Å²) in [5, 5.41) is 10.8. The number of Topliss-reactive ketones (excluding diaryl/α,β-unsaturated/α-hetero) is 1. The zero-order valence-corrected chi connectivity index (χ0v) is 18.6. The first kappa shape index (κ1) is 24.7. The molecule has 0 N–H and O–H groups in total. The van der Waals surface area contributed by atoms with Crippen LogP contribution in [0.3, 0.4) is 0 Å². The lowest BCUT2D eigenvalue weighted by Crippen LogP contribution is -2.50. The fourth-order valence-electron chi connectivity index (χ4n) is 2.51. The summed E-state index contributed by atoms with van der Waals surface area (Å²) in [5.41, 5.74) is -7.59. The second-order valence-electron chi connectivity index (χ2n) is 5.98. The largest absolute Gasteiger partial charge is 0.435 e. The zero-order valence-electron chi connectivity index (χ0n) is 14.2. The molecule has 2 aromatic carbocycles. The van der Waals surface area contributed by atoms with Crippen LogP contribution in [0.2, 0.25) is 0 Å². The molecule has 13 heteroatoms. The molecule has 2 aromatic rings. The van der Waals surface area contributed by atoms with Crippen molar-refractivity contribution in [1.29, 1.82) is 0 Å². The van der Waals surface area contributed by atoms with Gasteiger partial charge in [0.2, 0.25) is 0 Å². The predicted molar refractivity (Wildman–Crippen MR) is 108 cm³/mol. The van der Waals surface area contributed by atoms with Gasteiger partial charge in [-0.25, -0.2) is 4.39 Å². The highest BCUT2D eigenvalue weighted by atomic mass is 127. The lowest BCUT2D eigenvalue weighted by atomic mass is 9.92. The molecule has 0 unspecified atom stereocenters. The Balaban J connectivity index is 2.48. The van der Waals surface area contributed by atoms with Crippen LogP contribution in [0.25, 0.3) is 0 Å². The van der Waals surface area contributed by atoms with Gasteiger partial charge in [-0.05, 0) is 62.9 Å². The highest BCUT2D eigenvalue weighted by molar-refractivity contribution is 14.1. The molecular weight excluding hydrogens is 653 g/mol. The average Bonchev–Trinajstić information content (AvgIpc) is 2.61. The number of carbonyl (C=O) groups excluding carboxylic acids is 1. The summed E-state index contributed by atoms with van der Waals surface area (Å²) in [7, 11) is 0. The number of non-ortho nitro benzene ring substituents is 1. The van der Waals surface area contributed by atoms with Crippen molar-refractivity contribution in [2.45, 2.75) is 24.4 Å². The molecule has 0 atom stereocenters. The number of nitro benzene ring substituents is 1. The van der Waals surface area contributed by atoms with Crippen LogP contribution in [0.15, 0.2) is 36.4 Å². The Labute approximate surface area is 191 Å². The molecule has 4 nitrogen and oxygen atoms in total. The predicted octanol–water partition coefficient (Wildman–Crippen LogP) is 6.52. The number of alkyl halides is 7. The molecule has 0 saturated heterocycles. The third-order valence-electron chi connectivity index (χ3n) is 4.04. The second kappa shape index (κ2) is 8.55. The van der Waals surface area contributed by atoms with E-state index in [2.05, 4.69) is 0 Å². The molecule has 2 rings (SSSR count). The molecule has 0 heterocycles. The molecule has 0 fully saturated rings. The van der Waals surface area contributed by atoms with Crippen molar-refractivity contribution in [2.24, 2.45) is 0 Å². The number of carbonyl (C=O) groups is 1. The van der Waals surface area contributed by atoms with Gasteiger partial charge >= 0.3 is 18.0 Å². The molecule has 162 valence electrons. The lowest BCUT2D eigenvalue weighted by Gasteiger charge is -2.31. The van der Waals surface area contributed by atoms with Gasteiger partial charge in [-0.2, -0.15) is 26.3 Å². The van der Waals surface area contributed by atoms with Gasteiger partial charge < -0.3 is 0 Å². The summed E-state index contributed by atoms with van der Waals surface area (Å²) in [6.45, 7) is 0. The van der Waals surface area contributed by atoms with Crippen molar-refractivity contribution in [3.63, 3.8) is 0 Å². The van der Waals surface area contributed by atoms with Crippen LogP contribution in [0.5, 0.6) is 0 Å². The Morgan fingerprint density at radius 3 is 1.87 bits per heavy atom. The monoisotopic (exact) mass is 661 g/mol. The molecule has 0 radical (unpaired) electrons. The number of nitrogens with zero attached hydrogens (tertiary/aromatic N) is 1. The third kappa shape index (κ3) is 4.70. The van der Waals surface area contributed by atoms with Crippen LogP contribution >= 0.6 is 45.2 Å². The van der Waals surface area contributed by atoms with Crippen LogP contribution in [-0.2, 0) is 12.1 Å². The van der Waals surface area contributed by atoms with E-state index in [1.807, 2.05) is 0 Å². The zero-order chi connectivity index (χ0) is 23.1. The van der Waals surface area contributed by atoms with Gasteiger partial charge in [-0.15, -0.1) is 0 Å². The van der Waals surface area contributed by atoms with Gasteiger partial charge in [0.25, 0.3) is 5.69 Å². The van der Waals surface area contributed by atoms with Gasteiger partial charge in [-0.1, -0.05) is 12.1 Å². The van der Waals surface area contributed by atoms with Crippen molar-refractivity contribution in [1.82, 2.24) is 0 Å². The van der Waals surface area contributed by atoms with E-state index in [0.29, 0.717) is 12.1 Å². The van der Waals surface area contributed by atoms with E-state index in [0.717, 1.165) is 12.1 Å². The van der Waals surface area contributed by atoms with Gasteiger partial charge in [0.1, 0.15) is 0 Å². The number of hydrogen-bond acceptors (Lipinski definition) is 3. The van der Waals surface area contributed by atoms with E-state index in [9.17, 15) is 45.6 Å². The molecule has 30 heavy (non-hydrogen) atoms. The third-order valence-corrected chi connectivity index (χ3v) is 5.96. The normalized spacial score (nSPS) is 12.7. The molecular formula is C17H8F7I2NO3. The highest BCUT2D eigenvalue weighted by Gasteiger charge is 2.73. The van der Waals surface area contributed by atoms with Gasteiger partial charge in [0.15, 0.2) is 5.78 Å². The minimum Gasteiger partial charge on any atom is -0.294 e. The fourth-order valence-corrected chi connectivity index (χ4v) is 4.66. The lowest BCUT2D eigenvalue weighted by molar-refractivity contribution is -0.384. The quantitative estimate of drug-likeness (QED) is 0.121. The summed E-state index contributed by atoms with van der Waals surface area (Å²) in [4.78, 5) is 22.5. The number of halogens is 9. The first-order valence-corrected chi connectivity index (χ1v) is 9.83. The Kier molecular flexibility index (Phi) is 7.05. The molecule has 0 saturated carbocycles. The standard InChI is InChI=1S/C17H8F7I2NO3/c18-15(16(19,20)21,17(22,23)24)9-5-12(25)11(13(26)6-9)7-14(28)8-2-1-3-10(4-8)27(29)30/h1-6H,7H2. The van der Waals surface area contributed by atoms with Crippen molar-refractivity contribution in [2.75, 3.05) is 0 Å². The number of ketones is 1. The van der Waals surface area contributed by atoms with Crippen molar-refractivity contribution < 1.29 is 40.5 Å². The van der Waals surface area contributed by atoms with E-state index in [-0.39, 0.29) is 24.0 Å². The minimum absolute atomic E-state index is 0.0645. The van der Waals surface area contributed by atoms with Crippen LogP contribution in [0.1, 0.15) is 21.5 Å². The Hall–Kier alpha value is -1.52. The van der Waals surface area contributed by atoms with Crippen LogP contribution in [-0.4, -0.2) is 23.1 Å². The number of hydrogen-bond donors (Lipinski definition) is 0. The van der Waals surface area contributed by atoms with E-state index in [1.165, 1.54) is 57.3 Å². The van der Waals surface area contributed by atoms with E-state index >= 15 is 0 Å². The van der Waals surface area contributed by atoms with Crippen LogP contribution in [0.4, 0.5) is 36.4 Å². The summed E-state index contributed by atoms with van der Waals surface area (Å²) in [5.74, 6) is -0.652. The van der Waals surface area contributed by atoms with Gasteiger partial charge in [0.05, 0.1) is 4.92 Å². The Morgan fingerprint density at radius 1 is 0.933 bits per heavy atom. The first-order chi connectivity index (χ1) is 13.6. The summed E-state index contributed by atoms with van der Waals surface area (Å²) < 4.78 is 91.8. The smallest absolute Gasteiger partial charge is 0.294 e. The second-order valence-corrected chi connectivity index (χ2v) is 8.30. The summed E-state index contributed by atoms with van der Waals surface area (Å²) >= 11 is 2.82. The maximum atomic E-state index is 14.3. The molecule has 0 spiro atoms. The molecule has 0 aliphatic rings. The van der Waals surface area contributed by atoms with E-state index in [4.69, 9.17) is 0 Å². The first-order valence-electron chi connectivity index (χ1n) is 7.68. The fraction of sp³-hybridized carbons (Fsp3) is 0.235. The van der Waals surface area contributed by atoms with Gasteiger partial charge in [0, 0.05) is 36.8 Å². The maximum Gasteiger partial charge on any atom is 0.435 e. The van der Waals surface area contributed by atoms with Gasteiger partial charge in [-0.3, -0.25) is 14.9 Å². The van der Waals surface area contributed by atoms with Crippen LogP contribution in [0, 0.1) is 17.3 Å². The van der Waals surface area contributed by atoms with Crippen molar-refractivity contribution in [3.8, 4) is 0 Å². The summed E-state index contributed by atoms with van der Waals surface area (Å²) in [6, 6.07) is 5.46. The SMILES string of the molecule is O=C(Cc1c(I)cc(C(F)(C(F)(F)F)C(F)(F)F)cc1I)c1cccc([N+](=O)[O-])c1. The number of benzene rings is 2. The van der Waals surface area contributed by atoms with Crippen molar-refractivity contribution in [3.05, 3.63) is 70.3 Å². The number of nitro groups is 1. The van der Waals surface area contributed by atoms with Crippen LogP contribution < -0.4 is 0 Å². The molecule has 0 amide bonds. The Morgan fingerprint density at radius 2 is 1.43 bits per heavy atom. The Bertz CT molecular complexity index is 969. The topological polar surface area (TPSA) is 60.2 Å². The minimum atomic E-state index is -6.25. The maximum absolute atomic E-state index is 14.3. The summed E-state index contributed by atoms with van der Waals surface area (Å²) in [6.07, 6.45) is -13.0. The van der Waals surface area contributed by atoms with E-state index < -0.39 is 40.7 Å². The molecule has 0 aromatic heterocycles. The average molecular weight is 661 g/mol. The molecule has 0 aliphatic carbocycles. The van der Waals surface area contributed by atoms with Crippen molar-refractivity contribution >= 4 is 56.7 Å². The number of rotatable bonds is 5. The highest BCUT2D eigenvalue weighted by Crippen LogP contribution is 2.53.